The molecule has 0 aromatic heterocycles. The largest absolute Gasteiger partial charge is 4.00 e. The zero-order chi connectivity index (χ0) is 22.5. The van der Waals surface area contributed by atoms with E-state index in [-0.39, 0.29) is 26.2 Å². The summed E-state index contributed by atoms with van der Waals surface area (Å²) >= 11 is 0. The molecule has 33 heavy (non-hydrogen) atoms. The molecule has 0 atom stereocenters. The van der Waals surface area contributed by atoms with Crippen molar-refractivity contribution in [3.63, 3.8) is 0 Å². The van der Waals surface area contributed by atoms with Crippen LogP contribution in [0.3, 0.4) is 0 Å². The fourth-order valence-corrected chi connectivity index (χ4v) is 4.23. The van der Waals surface area contributed by atoms with Gasteiger partial charge in [0.2, 0.25) is 0 Å². The van der Waals surface area contributed by atoms with E-state index in [0.29, 0.717) is 0 Å². The van der Waals surface area contributed by atoms with Gasteiger partial charge in [-0.2, -0.15) is 12.1 Å². The van der Waals surface area contributed by atoms with Crippen LogP contribution in [0.1, 0.15) is 24.0 Å². The van der Waals surface area contributed by atoms with Crippen molar-refractivity contribution in [3.8, 4) is 0 Å². The molecule has 6 aromatic rings. The Hall–Kier alpha value is -2.50. The van der Waals surface area contributed by atoms with E-state index >= 15 is 0 Å². The van der Waals surface area contributed by atoms with Crippen LogP contribution in [-0.4, -0.2) is 0 Å². The molecule has 0 aliphatic carbocycles. The number of benzene rings is 4. The summed E-state index contributed by atoms with van der Waals surface area (Å²) in [5, 5.41) is 10.8. The molecule has 0 saturated carbocycles. The number of unbranched alkanes of at least 4 members (excludes halogenated alkanes) is 1. The maximum atomic E-state index is 3.54. The van der Waals surface area contributed by atoms with Crippen LogP contribution in [0.15, 0.2) is 97.1 Å². The first-order chi connectivity index (χ1) is 15.6. The zero-order valence-corrected chi connectivity index (χ0v) is 22.0. The summed E-state index contributed by atoms with van der Waals surface area (Å²) < 4.78 is 0. The maximum absolute atomic E-state index is 3.54. The predicted molar refractivity (Wildman–Crippen MR) is 144 cm³/mol. The van der Waals surface area contributed by atoms with Crippen molar-refractivity contribution in [2.45, 2.75) is 26.7 Å². The van der Waals surface area contributed by atoms with Crippen LogP contribution in [0.2, 0.25) is 0 Å². The van der Waals surface area contributed by atoms with E-state index in [1.54, 1.807) is 0 Å². The Morgan fingerprint density at radius 1 is 0.545 bits per heavy atom. The van der Waals surface area contributed by atoms with Crippen molar-refractivity contribution in [2.24, 2.45) is 0 Å². The van der Waals surface area contributed by atoms with Gasteiger partial charge in [-0.15, -0.1) is 56.9 Å². The summed E-state index contributed by atoms with van der Waals surface area (Å²) in [6.45, 7) is 11.4. The quantitative estimate of drug-likeness (QED) is 0.195. The Balaban J connectivity index is 0.000000156. The Bertz CT molecular complexity index is 1350. The van der Waals surface area contributed by atoms with Gasteiger partial charge < -0.3 is 13.8 Å². The van der Waals surface area contributed by atoms with Crippen molar-refractivity contribution >= 4 is 43.1 Å². The third kappa shape index (κ3) is 5.71. The van der Waals surface area contributed by atoms with Gasteiger partial charge in [0.05, 0.1) is 0 Å². The summed E-state index contributed by atoms with van der Waals surface area (Å²) in [6, 6.07) is 34.9. The number of aryl methyl sites for hydroxylation is 2. The number of rotatable bonds is 1. The van der Waals surface area contributed by atoms with E-state index in [1.807, 2.05) is 0 Å². The minimum absolute atomic E-state index is 0. The van der Waals surface area contributed by atoms with Crippen LogP contribution in [0.25, 0.3) is 43.1 Å². The molecule has 0 fully saturated rings. The molecule has 0 saturated heterocycles. The van der Waals surface area contributed by atoms with E-state index in [4.69, 9.17) is 0 Å². The summed E-state index contributed by atoms with van der Waals surface area (Å²) in [5.41, 5.74) is 2.69. The maximum Gasteiger partial charge on any atom is 4.00 e. The first kappa shape index (κ1) is 25.1. The molecule has 0 amide bonds. The van der Waals surface area contributed by atoms with Gasteiger partial charge in [-0.05, 0) is 10.8 Å². The second-order valence-electron chi connectivity index (χ2n) is 8.35. The van der Waals surface area contributed by atoms with E-state index in [1.165, 1.54) is 54.2 Å². The second-order valence-corrected chi connectivity index (χ2v) is 8.35. The number of hydrogen-bond donors (Lipinski definition) is 0. The molecule has 0 N–H and O–H groups in total. The van der Waals surface area contributed by atoms with Crippen molar-refractivity contribution < 1.29 is 26.2 Å². The fourth-order valence-electron chi connectivity index (χ4n) is 4.23. The van der Waals surface area contributed by atoms with Crippen molar-refractivity contribution in [2.75, 3.05) is 0 Å². The van der Waals surface area contributed by atoms with Gasteiger partial charge in [0.1, 0.15) is 0 Å². The van der Waals surface area contributed by atoms with E-state index in [0.717, 1.165) is 12.8 Å². The van der Waals surface area contributed by atoms with Gasteiger partial charge in [0, 0.05) is 0 Å². The normalized spacial score (nSPS) is 10.4. The van der Waals surface area contributed by atoms with Gasteiger partial charge in [0.15, 0.2) is 0 Å². The van der Waals surface area contributed by atoms with Gasteiger partial charge in [-0.3, -0.25) is 0 Å². The Kier molecular flexibility index (Phi) is 8.82. The van der Waals surface area contributed by atoms with Crippen molar-refractivity contribution in [1.82, 2.24) is 0 Å². The molecule has 0 heterocycles. The molecule has 162 valence electrons. The molecular formula is C32H30Zr. The van der Waals surface area contributed by atoms with Crippen molar-refractivity contribution in [1.29, 1.82) is 0 Å². The molecule has 0 aliphatic rings. The first-order valence-electron chi connectivity index (χ1n) is 11.3. The first-order valence-corrected chi connectivity index (χ1v) is 11.3. The molecule has 0 bridgehead atoms. The standard InChI is InChI=1S/2C14H11.C4H8.Zr/c2*1-10-8-12-7-6-11-4-2-3-5-13(11)14(12)9-10;1-3-4-2;/h2*2-9H,1H3;1-4H2;/q2*-1;-2;+4. The fraction of sp³-hybridized carbons (Fsp3) is 0.125. The predicted octanol–water partition coefficient (Wildman–Crippen LogP) is 9.47. The summed E-state index contributed by atoms with van der Waals surface area (Å²) in [7, 11) is 0. The van der Waals surface area contributed by atoms with E-state index in [9.17, 15) is 0 Å². The smallest absolute Gasteiger partial charge is 0.346 e. The minimum Gasteiger partial charge on any atom is -0.346 e. The van der Waals surface area contributed by atoms with Gasteiger partial charge in [-0.25, -0.2) is 12.8 Å². The summed E-state index contributed by atoms with van der Waals surface area (Å²) in [4.78, 5) is 0. The molecule has 0 unspecified atom stereocenters. The average molecular weight is 506 g/mol. The zero-order valence-electron chi connectivity index (χ0n) is 19.6. The van der Waals surface area contributed by atoms with E-state index in [2.05, 4.69) is 125 Å². The van der Waals surface area contributed by atoms with Gasteiger partial charge in [0.25, 0.3) is 0 Å². The minimum atomic E-state index is 0. The molecule has 1 heteroatoms. The third-order valence-corrected chi connectivity index (χ3v) is 5.77. The monoisotopic (exact) mass is 504 g/mol. The van der Waals surface area contributed by atoms with Crippen LogP contribution in [0.5, 0.6) is 0 Å². The Morgan fingerprint density at radius 2 is 0.939 bits per heavy atom. The Labute approximate surface area is 217 Å². The molecule has 6 rings (SSSR count). The third-order valence-electron chi connectivity index (χ3n) is 5.77. The molecule has 0 spiro atoms. The average Bonchev–Trinajstić information content (AvgIpc) is 3.41. The van der Waals surface area contributed by atoms with Crippen LogP contribution < -0.4 is 0 Å². The SMILES string of the molecule is Cc1cc2c(ccc3ccccc32)[cH-]1.Cc1cc2c(ccc3ccccc32)[cH-]1.[CH2-]CC[CH2-].[Zr+4]. The van der Waals surface area contributed by atoms with Gasteiger partial charge in [-0.1, -0.05) is 85.3 Å². The van der Waals surface area contributed by atoms with E-state index < -0.39 is 0 Å². The van der Waals surface area contributed by atoms with Crippen LogP contribution >= 0.6 is 0 Å². The second kappa shape index (κ2) is 11.6. The summed E-state index contributed by atoms with van der Waals surface area (Å²) in [5.74, 6) is 0. The van der Waals surface area contributed by atoms with Gasteiger partial charge >= 0.3 is 26.2 Å². The number of hydrogen-bond acceptors (Lipinski definition) is 0. The molecule has 6 aromatic carbocycles. The van der Waals surface area contributed by atoms with Crippen LogP contribution in [0.4, 0.5) is 0 Å². The molecule has 0 radical (unpaired) electrons. The molecular weight excluding hydrogens is 476 g/mol. The summed E-state index contributed by atoms with van der Waals surface area (Å²) in [6.07, 6.45) is 1.92. The number of fused-ring (bicyclic) bond motifs is 6. The molecule has 0 nitrogen and oxygen atoms in total. The van der Waals surface area contributed by atoms with Crippen LogP contribution in [0, 0.1) is 27.7 Å². The molecule has 0 aliphatic heterocycles. The Morgan fingerprint density at radius 3 is 1.33 bits per heavy atom. The van der Waals surface area contributed by atoms with Crippen LogP contribution in [-0.2, 0) is 26.2 Å². The topological polar surface area (TPSA) is 0 Å². The van der Waals surface area contributed by atoms with Crippen molar-refractivity contribution in [3.05, 3.63) is 122 Å².